The number of anilines is 2. The molecule has 0 saturated heterocycles. The van der Waals surface area contributed by atoms with Gasteiger partial charge in [0.2, 0.25) is 5.91 Å². The van der Waals surface area contributed by atoms with E-state index in [0.29, 0.717) is 12.1 Å². The number of carbonyl (C=O) groups is 1. The number of fused-ring (bicyclic) bond motifs is 1. The minimum absolute atomic E-state index is 0.0136. The molecule has 0 saturated carbocycles. The summed E-state index contributed by atoms with van der Waals surface area (Å²) in [5.41, 5.74) is 10.1. The Morgan fingerprint density at radius 3 is 2.71 bits per heavy atom. The molecule has 1 heterocycles. The predicted octanol–water partition coefficient (Wildman–Crippen LogP) is 2.61. The molecule has 0 atom stereocenters. The third-order valence-corrected chi connectivity index (χ3v) is 3.44. The van der Waals surface area contributed by atoms with E-state index in [1.165, 1.54) is 5.56 Å². The van der Waals surface area contributed by atoms with Crippen molar-refractivity contribution in [3.05, 3.63) is 23.3 Å². The van der Waals surface area contributed by atoms with Gasteiger partial charge in [-0.25, -0.2) is 0 Å². The van der Waals surface area contributed by atoms with Gasteiger partial charge < -0.3 is 10.6 Å². The van der Waals surface area contributed by atoms with Crippen molar-refractivity contribution >= 4 is 17.3 Å². The predicted molar refractivity (Wildman–Crippen MR) is 71.3 cm³/mol. The Kier molecular flexibility index (Phi) is 2.64. The van der Waals surface area contributed by atoms with E-state index in [1.54, 1.807) is 0 Å². The first-order valence-corrected chi connectivity index (χ1v) is 6.08. The Morgan fingerprint density at radius 1 is 1.47 bits per heavy atom. The molecule has 17 heavy (non-hydrogen) atoms. The van der Waals surface area contributed by atoms with E-state index in [1.807, 2.05) is 24.8 Å². The lowest BCUT2D eigenvalue weighted by molar-refractivity contribution is -0.118. The SMILES string of the molecule is CCC(=O)N1CC(C)(C)c2cc(C)cc(N)c21. The van der Waals surface area contributed by atoms with Gasteiger partial charge in [0.15, 0.2) is 0 Å². The smallest absolute Gasteiger partial charge is 0.226 e. The van der Waals surface area contributed by atoms with Crippen LogP contribution in [0, 0.1) is 6.92 Å². The van der Waals surface area contributed by atoms with Crippen LogP contribution in [0.4, 0.5) is 11.4 Å². The number of benzene rings is 1. The van der Waals surface area contributed by atoms with Crippen molar-refractivity contribution in [2.45, 2.75) is 39.5 Å². The Morgan fingerprint density at radius 2 is 2.12 bits per heavy atom. The number of amides is 1. The Labute approximate surface area is 103 Å². The normalized spacial score (nSPS) is 17.1. The van der Waals surface area contributed by atoms with Crippen LogP contribution >= 0.6 is 0 Å². The summed E-state index contributed by atoms with van der Waals surface area (Å²) in [5.74, 6) is 0.146. The molecule has 0 spiro atoms. The third-order valence-electron chi connectivity index (χ3n) is 3.44. The maximum Gasteiger partial charge on any atom is 0.226 e. The fourth-order valence-corrected chi connectivity index (χ4v) is 2.59. The van der Waals surface area contributed by atoms with Gasteiger partial charge in [-0.3, -0.25) is 4.79 Å². The Balaban J connectivity index is 2.61. The van der Waals surface area contributed by atoms with E-state index in [2.05, 4.69) is 19.9 Å². The minimum atomic E-state index is -0.0136. The highest BCUT2D eigenvalue weighted by Crippen LogP contribution is 2.44. The quantitative estimate of drug-likeness (QED) is 0.756. The summed E-state index contributed by atoms with van der Waals surface area (Å²) in [5, 5.41) is 0. The summed E-state index contributed by atoms with van der Waals surface area (Å²) in [7, 11) is 0. The summed E-state index contributed by atoms with van der Waals surface area (Å²) in [6.07, 6.45) is 0.517. The van der Waals surface area contributed by atoms with Crippen LogP contribution in [0.1, 0.15) is 38.3 Å². The second kappa shape index (κ2) is 3.76. The fraction of sp³-hybridized carbons (Fsp3) is 0.500. The zero-order valence-corrected chi connectivity index (χ0v) is 11.0. The van der Waals surface area contributed by atoms with Gasteiger partial charge in [-0.15, -0.1) is 0 Å². The van der Waals surface area contributed by atoms with Gasteiger partial charge in [-0.2, -0.15) is 0 Å². The number of nitrogens with two attached hydrogens (primary N) is 1. The summed E-state index contributed by atoms with van der Waals surface area (Å²) in [6.45, 7) is 8.97. The molecular weight excluding hydrogens is 212 g/mol. The van der Waals surface area contributed by atoms with Crippen LogP contribution in [0.5, 0.6) is 0 Å². The van der Waals surface area contributed by atoms with Crippen LogP contribution in [-0.2, 0) is 10.2 Å². The fourth-order valence-electron chi connectivity index (χ4n) is 2.59. The topological polar surface area (TPSA) is 46.3 Å². The summed E-state index contributed by atoms with van der Waals surface area (Å²) < 4.78 is 0. The highest BCUT2D eigenvalue weighted by atomic mass is 16.2. The van der Waals surface area contributed by atoms with Crippen molar-refractivity contribution < 1.29 is 4.79 Å². The van der Waals surface area contributed by atoms with Gasteiger partial charge >= 0.3 is 0 Å². The van der Waals surface area contributed by atoms with Crippen molar-refractivity contribution in [1.29, 1.82) is 0 Å². The van der Waals surface area contributed by atoms with Crippen LogP contribution < -0.4 is 10.6 Å². The average molecular weight is 232 g/mol. The first kappa shape index (κ1) is 12.0. The van der Waals surface area contributed by atoms with E-state index in [0.717, 1.165) is 17.8 Å². The first-order valence-electron chi connectivity index (χ1n) is 6.08. The van der Waals surface area contributed by atoms with E-state index >= 15 is 0 Å². The zero-order chi connectivity index (χ0) is 12.8. The van der Waals surface area contributed by atoms with Crippen LogP contribution in [0.15, 0.2) is 12.1 Å². The zero-order valence-electron chi connectivity index (χ0n) is 11.0. The van der Waals surface area contributed by atoms with Gasteiger partial charge in [0, 0.05) is 18.4 Å². The molecule has 1 aromatic carbocycles. The lowest BCUT2D eigenvalue weighted by atomic mass is 9.86. The molecule has 3 nitrogen and oxygen atoms in total. The van der Waals surface area contributed by atoms with Crippen LogP contribution in [0.25, 0.3) is 0 Å². The van der Waals surface area contributed by atoms with E-state index in [-0.39, 0.29) is 11.3 Å². The molecule has 3 heteroatoms. The van der Waals surface area contributed by atoms with Crippen LogP contribution in [0.3, 0.4) is 0 Å². The van der Waals surface area contributed by atoms with Crippen molar-refractivity contribution in [3.63, 3.8) is 0 Å². The van der Waals surface area contributed by atoms with Crippen molar-refractivity contribution in [3.8, 4) is 0 Å². The molecule has 2 N–H and O–H groups in total. The molecule has 1 aliphatic heterocycles. The number of hydrogen-bond acceptors (Lipinski definition) is 2. The number of nitrogen functional groups attached to an aromatic ring is 1. The van der Waals surface area contributed by atoms with Gasteiger partial charge in [0.1, 0.15) is 0 Å². The third kappa shape index (κ3) is 1.79. The van der Waals surface area contributed by atoms with Crippen molar-refractivity contribution in [2.24, 2.45) is 0 Å². The summed E-state index contributed by atoms with van der Waals surface area (Å²) in [4.78, 5) is 13.8. The summed E-state index contributed by atoms with van der Waals surface area (Å²) >= 11 is 0. The van der Waals surface area contributed by atoms with Crippen molar-refractivity contribution in [1.82, 2.24) is 0 Å². The molecular formula is C14H20N2O. The Bertz CT molecular complexity index is 477. The molecule has 2 rings (SSSR count). The number of aryl methyl sites for hydroxylation is 1. The Hall–Kier alpha value is -1.51. The van der Waals surface area contributed by atoms with Gasteiger partial charge in [-0.1, -0.05) is 26.8 Å². The molecule has 0 radical (unpaired) electrons. The molecule has 92 valence electrons. The first-order chi connectivity index (χ1) is 7.86. The molecule has 1 amide bonds. The van der Waals surface area contributed by atoms with Gasteiger partial charge in [-0.05, 0) is 24.1 Å². The molecule has 0 unspecified atom stereocenters. The lowest BCUT2D eigenvalue weighted by Crippen LogP contribution is -2.33. The monoisotopic (exact) mass is 232 g/mol. The average Bonchev–Trinajstić information content (AvgIpc) is 2.50. The van der Waals surface area contributed by atoms with Gasteiger partial charge in [0.05, 0.1) is 11.4 Å². The lowest BCUT2D eigenvalue weighted by Gasteiger charge is -2.20. The molecule has 0 aliphatic carbocycles. The largest absolute Gasteiger partial charge is 0.397 e. The number of rotatable bonds is 1. The maximum atomic E-state index is 12.0. The van der Waals surface area contributed by atoms with E-state index in [4.69, 9.17) is 5.73 Å². The second-order valence-electron chi connectivity index (χ2n) is 5.47. The highest BCUT2D eigenvalue weighted by molar-refractivity contribution is 5.99. The van der Waals surface area contributed by atoms with Gasteiger partial charge in [0.25, 0.3) is 0 Å². The summed E-state index contributed by atoms with van der Waals surface area (Å²) in [6, 6.07) is 4.09. The maximum absolute atomic E-state index is 12.0. The number of carbonyl (C=O) groups excluding carboxylic acids is 1. The molecule has 0 bridgehead atoms. The minimum Gasteiger partial charge on any atom is -0.397 e. The van der Waals surface area contributed by atoms with Crippen LogP contribution in [0.2, 0.25) is 0 Å². The van der Waals surface area contributed by atoms with Crippen LogP contribution in [-0.4, -0.2) is 12.5 Å². The highest BCUT2D eigenvalue weighted by Gasteiger charge is 2.38. The standard InChI is InChI=1S/C14H20N2O/c1-5-12(17)16-8-14(3,4)10-6-9(2)7-11(15)13(10)16/h6-7H,5,8,15H2,1-4H3. The van der Waals surface area contributed by atoms with E-state index < -0.39 is 0 Å². The van der Waals surface area contributed by atoms with E-state index in [9.17, 15) is 4.79 Å². The molecule has 1 aliphatic rings. The second-order valence-corrected chi connectivity index (χ2v) is 5.47. The molecule has 0 fully saturated rings. The number of nitrogens with zero attached hydrogens (tertiary/aromatic N) is 1. The van der Waals surface area contributed by atoms with Crippen molar-refractivity contribution in [2.75, 3.05) is 17.2 Å². The number of hydrogen-bond donors (Lipinski definition) is 1. The molecule has 1 aromatic rings. The molecule has 0 aromatic heterocycles.